The molecule has 3 aromatic rings. The molecule has 0 bridgehead atoms. The number of carbonyl (C=O) groups is 1. The molecule has 2 aliphatic rings. The van der Waals surface area contributed by atoms with E-state index in [9.17, 15) is 9.90 Å². The van der Waals surface area contributed by atoms with Gasteiger partial charge < -0.3 is 24.5 Å². The number of imidazole rings is 1. The Morgan fingerprint density at radius 1 is 1.15 bits per heavy atom. The van der Waals surface area contributed by atoms with Crippen LogP contribution in [0, 0.1) is 0 Å². The van der Waals surface area contributed by atoms with Gasteiger partial charge in [-0.15, -0.1) is 0 Å². The molecule has 0 fully saturated rings. The monoisotopic (exact) mass is 448 g/mol. The van der Waals surface area contributed by atoms with Crippen molar-refractivity contribution in [1.82, 2.24) is 14.5 Å². The molecule has 5 rings (SSSR count). The van der Waals surface area contributed by atoms with Crippen molar-refractivity contribution in [3.05, 3.63) is 65.4 Å². The van der Waals surface area contributed by atoms with E-state index in [0.717, 1.165) is 55.0 Å². The van der Waals surface area contributed by atoms with E-state index in [1.54, 1.807) is 6.33 Å². The van der Waals surface area contributed by atoms with Gasteiger partial charge in [0.1, 0.15) is 5.82 Å². The molecule has 172 valence electrons. The minimum Gasteiger partial charge on any atom is -0.481 e. The number of aliphatic carboxylic acids is 1. The van der Waals surface area contributed by atoms with E-state index in [1.807, 2.05) is 29.0 Å². The van der Waals surface area contributed by atoms with Crippen LogP contribution in [-0.2, 0) is 30.6 Å². The number of nitrogens with zero attached hydrogens (tertiary/aromatic N) is 3. The third-order valence-corrected chi connectivity index (χ3v) is 6.22. The van der Waals surface area contributed by atoms with Crippen molar-refractivity contribution in [3.8, 4) is 11.5 Å². The summed E-state index contributed by atoms with van der Waals surface area (Å²) in [7, 11) is 0. The molecule has 2 aliphatic heterocycles. The van der Waals surface area contributed by atoms with Gasteiger partial charge in [-0.1, -0.05) is 12.1 Å². The molecule has 0 aliphatic carbocycles. The summed E-state index contributed by atoms with van der Waals surface area (Å²) in [5, 5.41) is 12.8. The van der Waals surface area contributed by atoms with Gasteiger partial charge in [0, 0.05) is 30.9 Å². The molecule has 0 radical (unpaired) electrons. The highest BCUT2D eigenvalue weighted by Crippen LogP contribution is 2.36. The summed E-state index contributed by atoms with van der Waals surface area (Å²) in [5.74, 6) is 1.38. The zero-order chi connectivity index (χ0) is 22.6. The van der Waals surface area contributed by atoms with Crippen molar-refractivity contribution in [2.75, 3.05) is 18.7 Å². The number of rotatable bonds is 9. The molecule has 4 heterocycles. The lowest BCUT2D eigenvalue weighted by Crippen LogP contribution is -2.14. The first kappa shape index (κ1) is 21.3. The molecule has 0 amide bonds. The number of fused-ring (bicyclic) bond motifs is 2. The van der Waals surface area contributed by atoms with Crippen LogP contribution < -0.4 is 14.8 Å². The largest absolute Gasteiger partial charge is 0.481 e. The second kappa shape index (κ2) is 9.52. The lowest BCUT2D eigenvalue weighted by Gasteiger charge is -2.17. The second-order valence-electron chi connectivity index (χ2n) is 8.66. The Morgan fingerprint density at radius 2 is 2.03 bits per heavy atom. The average molecular weight is 449 g/mol. The molecule has 8 heteroatoms. The van der Waals surface area contributed by atoms with Gasteiger partial charge in [0.05, 0.1) is 18.4 Å². The molecule has 0 saturated heterocycles. The molecular formula is C25H28N4O4. The highest BCUT2D eigenvalue weighted by Gasteiger charge is 2.21. The first-order chi connectivity index (χ1) is 16.1. The van der Waals surface area contributed by atoms with Crippen molar-refractivity contribution in [2.24, 2.45) is 0 Å². The zero-order valence-electron chi connectivity index (χ0n) is 18.5. The molecule has 2 aromatic heterocycles. The highest BCUT2D eigenvalue weighted by molar-refractivity contribution is 5.68. The van der Waals surface area contributed by atoms with E-state index in [-0.39, 0.29) is 19.1 Å². The smallest absolute Gasteiger partial charge is 0.304 e. The summed E-state index contributed by atoms with van der Waals surface area (Å²) in [6.45, 7) is 1.73. The lowest BCUT2D eigenvalue weighted by molar-refractivity contribution is -0.137. The van der Waals surface area contributed by atoms with E-state index < -0.39 is 5.97 Å². The molecule has 2 N–H and O–H groups in total. The number of ether oxygens (including phenoxy) is 2. The van der Waals surface area contributed by atoms with Crippen LogP contribution in [0.2, 0.25) is 0 Å². The van der Waals surface area contributed by atoms with Crippen molar-refractivity contribution in [2.45, 2.75) is 51.0 Å². The highest BCUT2D eigenvalue weighted by atomic mass is 16.7. The number of pyridine rings is 1. The first-order valence-corrected chi connectivity index (χ1v) is 11.5. The molecule has 33 heavy (non-hydrogen) atoms. The summed E-state index contributed by atoms with van der Waals surface area (Å²) in [6.07, 6.45) is 8.82. The Morgan fingerprint density at radius 3 is 2.94 bits per heavy atom. The van der Waals surface area contributed by atoms with Gasteiger partial charge in [-0.25, -0.2) is 9.97 Å². The third-order valence-electron chi connectivity index (χ3n) is 6.22. The van der Waals surface area contributed by atoms with E-state index in [0.29, 0.717) is 18.0 Å². The molecule has 1 aromatic carbocycles. The quantitative estimate of drug-likeness (QED) is 0.514. The average Bonchev–Trinajstić information content (AvgIpc) is 3.47. The minimum absolute atomic E-state index is 0.0329. The number of anilines is 1. The molecule has 8 nitrogen and oxygen atoms in total. The van der Waals surface area contributed by atoms with Crippen LogP contribution in [0.25, 0.3) is 0 Å². The Labute approximate surface area is 192 Å². The zero-order valence-corrected chi connectivity index (χ0v) is 18.5. The SMILES string of the molecule is O=C(O)CC(Cn1cnc(CCCc2ccc3c(n2)NCCC3)c1)c1ccc2c(c1)OCO2. The van der Waals surface area contributed by atoms with Crippen LogP contribution in [0.3, 0.4) is 0 Å². The number of hydrogen-bond donors (Lipinski definition) is 2. The maximum absolute atomic E-state index is 11.5. The fourth-order valence-electron chi connectivity index (χ4n) is 4.51. The van der Waals surface area contributed by atoms with Gasteiger partial charge in [0.2, 0.25) is 6.79 Å². The maximum Gasteiger partial charge on any atom is 0.304 e. The van der Waals surface area contributed by atoms with E-state index in [2.05, 4.69) is 22.4 Å². The van der Waals surface area contributed by atoms with Crippen LogP contribution in [0.15, 0.2) is 42.9 Å². The Balaban J connectivity index is 1.19. The number of carboxylic acid groups (broad SMARTS) is 1. The van der Waals surface area contributed by atoms with E-state index in [1.165, 1.54) is 12.0 Å². The summed E-state index contributed by atoms with van der Waals surface area (Å²) in [6, 6.07) is 9.97. The van der Waals surface area contributed by atoms with Crippen molar-refractivity contribution < 1.29 is 19.4 Å². The minimum atomic E-state index is -0.829. The predicted molar refractivity (Wildman–Crippen MR) is 123 cm³/mol. The molecule has 0 spiro atoms. The number of hydrogen-bond acceptors (Lipinski definition) is 6. The lowest BCUT2D eigenvalue weighted by atomic mass is 9.95. The molecule has 1 unspecified atom stereocenters. The Kier molecular flexibility index (Phi) is 6.15. The number of benzene rings is 1. The van der Waals surface area contributed by atoms with Crippen LogP contribution >= 0.6 is 0 Å². The molecular weight excluding hydrogens is 420 g/mol. The van der Waals surface area contributed by atoms with Crippen molar-refractivity contribution in [1.29, 1.82) is 0 Å². The van der Waals surface area contributed by atoms with Crippen molar-refractivity contribution in [3.63, 3.8) is 0 Å². The summed E-state index contributed by atoms with van der Waals surface area (Å²) in [4.78, 5) is 20.8. The molecule has 0 saturated carbocycles. The van der Waals surface area contributed by atoms with Gasteiger partial charge in [-0.05, 0) is 61.4 Å². The van der Waals surface area contributed by atoms with Gasteiger partial charge in [0.25, 0.3) is 0 Å². The normalized spacial score (nSPS) is 15.0. The van der Waals surface area contributed by atoms with Crippen molar-refractivity contribution >= 4 is 11.8 Å². The first-order valence-electron chi connectivity index (χ1n) is 11.5. The van der Waals surface area contributed by atoms with Crippen LogP contribution in [0.4, 0.5) is 5.82 Å². The maximum atomic E-state index is 11.5. The van der Waals surface area contributed by atoms with Crippen LogP contribution in [0.1, 0.15) is 47.7 Å². The number of aromatic nitrogens is 3. The number of nitrogens with one attached hydrogen (secondary N) is 1. The molecule has 1 atom stereocenters. The standard InChI is InChI=1S/C25H28N4O4/c30-24(31)12-19(18-7-9-22-23(11-18)33-16-32-22)13-29-14-21(27-15-29)5-1-4-20-8-6-17-3-2-10-26-25(17)28-20/h6-9,11,14-15,19H,1-5,10,12-13,16H2,(H,26,28)(H,30,31). The fraction of sp³-hybridized carbons (Fsp3) is 0.400. The van der Waals surface area contributed by atoms with Gasteiger partial charge in [-0.2, -0.15) is 0 Å². The predicted octanol–water partition coefficient (Wildman–Crippen LogP) is 3.80. The van der Waals surface area contributed by atoms with Gasteiger partial charge >= 0.3 is 5.97 Å². The topological polar surface area (TPSA) is 98.5 Å². The summed E-state index contributed by atoms with van der Waals surface area (Å²) < 4.78 is 12.8. The summed E-state index contributed by atoms with van der Waals surface area (Å²) in [5.41, 5.74) is 4.34. The Bertz CT molecular complexity index is 1140. The Hall–Kier alpha value is -3.55. The fourth-order valence-corrected chi connectivity index (χ4v) is 4.51. The van der Waals surface area contributed by atoms with Crippen LogP contribution in [-0.4, -0.2) is 38.9 Å². The third kappa shape index (κ3) is 5.10. The summed E-state index contributed by atoms with van der Waals surface area (Å²) >= 11 is 0. The second-order valence-corrected chi connectivity index (χ2v) is 8.66. The van der Waals surface area contributed by atoms with E-state index in [4.69, 9.17) is 14.5 Å². The number of carboxylic acids is 1. The van der Waals surface area contributed by atoms with Gasteiger partial charge in [0.15, 0.2) is 11.5 Å². The van der Waals surface area contributed by atoms with Crippen LogP contribution in [0.5, 0.6) is 11.5 Å². The van der Waals surface area contributed by atoms with E-state index >= 15 is 0 Å². The van der Waals surface area contributed by atoms with Gasteiger partial charge in [-0.3, -0.25) is 4.79 Å². The number of aryl methyl sites for hydroxylation is 3.